The monoisotopic (exact) mass is 303 g/mol. The van der Waals surface area contributed by atoms with Crippen molar-refractivity contribution < 1.29 is 9.90 Å². The second-order valence-corrected chi connectivity index (χ2v) is 5.24. The Hall–Kier alpha value is -3.34. The molecule has 0 fully saturated rings. The van der Waals surface area contributed by atoms with Crippen LogP contribution in [0.1, 0.15) is 15.9 Å². The van der Waals surface area contributed by atoms with Crippen LogP contribution in [0.3, 0.4) is 0 Å². The van der Waals surface area contributed by atoms with Gasteiger partial charge >= 0.3 is 0 Å². The molecule has 0 saturated heterocycles. The number of fused-ring (bicyclic) bond motifs is 2. The summed E-state index contributed by atoms with van der Waals surface area (Å²) in [6, 6.07) is 12.9. The Morgan fingerprint density at radius 2 is 1.26 bits per heavy atom. The maximum atomic E-state index is 12.3. The molecule has 5 heteroatoms. The SMILES string of the molecule is O=C1C(N=c2c(=O)c3ccccc3c2=O)=C(O)c2ccccc21. The molecule has 5 nitrogen and oxygen atoms in total. The first-order valence-electron chi connectivity index (χ1n) is 6.94. The van der Waals surface area contributed by atoms with Crippen molar-refractivity contribution in [3.63, 3.8) is 0 Å². The highest BCUT2D eigenvalue weighted by molar-refractivity contribution is 6.19. The Balaban J connectivity index is 2.04. The molecule has 1 aliphatic rings. The van der Waals surface area contributed by atoms with E-state index in [1.54, 1.807) is 36.4 Å². The summed E-state index contributed by atoms with van der Waals surface area (Å²) in [5.74, 6) is -0.809. The zero-order valence-corrected chi connectivity index (χ0v) is 11.7. The van der Waals surface area contributed by atoms with E-state index in [1.807, 2.05) is 0 Å². The Bertz CT molecular complexity index is 1130. The van der Waals surface area contributed by atoms with Crippen molar-refractivity contribution in [1.82, 2.24) is 0 Å². The second-order valence-electron chi connectivity index (χ2n) is 5.24. The first-order valence-corrected chi connectivity index (χ1v) is 6.94. The van der Waals surface area contributed by atoms with Crippen LogP contribution in [0.15, 0.2) is 68.8 Å². The van der Waals surface area contributed by atoms with E-state index in [0.29, 0.717) is 11.1 Å². The number of Topliss-reactive ketones (excluding diaryl/α,β-unsaturated/α-hetero) is 1. The molecule has 0 amide bonds. The van der Waals surface area contributed by atoms with Crippen LogP contribution in [0.2, 0.25) is 0 Å². The molecule has 3 aromatic carbocycles. The normalized spacial score (nSPS) is 13.7. The summed E-state index contributed by atoms with van der Waals surface area (Å²) in [5, 5.41) is 10.4. The Morgan fingerprint density at radius 3 is 1.83 bits per heavy atom. The van der Waals surface area contributed by atoms with Crippen LogP contribution in [-0.2, 0) is 0 Å². The van der Waals surface area contributed by atoms with Gasteiger partial charge in [-0.15, -0.1) is 0 Å². The van der Waals surface area contributed by atoms with Gasteiger partial charge in [-0.2, -0.15) is 0 Å². The third-order valence-electron chi connectivity index (χ3n) is 3.94. The zero-order chi connectivity index (χ0) is 16.1. The molecule has 0 saturated carbocycles. The van der Waals surface area contributed by atoms with Crippen LogP contribution in [0.25, 0.3) is 16.5 Å². The van der Waals surface area contributed by atoms with Gasteiger partial charge in [0.1, 0.15) is 0 Å². The first kappa shape index (κ1) is 13.3. The Morgan fingerprint density at radius 1 is 0.739 bits per heavy atom. The van der Waals surface area contributed by atoms with Crippen molar-refractivity contribution in [3.8, 4) is 0 Å². The summed E-state index contributed by atoms with van der Waals surface area (Å²) in [7, 11) is 0. The number of carbonyl (C=O) groups excluding carboxylic acids is 1. The average molecular weight is 303 g/mol. The Kier molecular flexibility index (Phi) is 2.65. The summed E-state index contributed by atoms with van der Waals surface area (Å²) < 4.78 is 0. The third-order valence-corrected chi connectivity index (χ3v) is 3.94. The van der Waals surface area contributed by atoms with Crippen molar-refractivity contribution in [3.05, 3.63) is 91.2 Å². The molecule has 0 aromatic heterocycles. The average Bonchev–Trinajstić information content (AvgIpc) is 2.97. The van der Waals surface area contributed by atoms with Crippen molar-refractivity contribution in [2.24, 2.45) is 4.99 Å². The molecule has 0 atom stereocenters. The standard InChI is InChI=1S/C18H9NO4/c20-15-9-5-1-2-6-10(9)16(21)13(15)19-14-17(22)11-7-3-4-8-12(11)18(14)23/h1-8,20H. The van der Waals surface area contributed by atoms with Gasteiger partial charge < -0.3 is 5.11 Å². The molecule has 0 bridgehead atoms. The number of hydrogen-bond donors (Lipinski definition) is 1. The van der Waals surface area contributed by atoms with Crippen LogP contribution < -0.4 is 16.2 Å². The lowest BCUT2D eigenvalue weighted by Gasteiger charge is -1.94. The minimum Gasteiger partial charge on any atom is -0.505 e. The fraction of sp³-hybridized carbons (Fsp3) is 0. The maximum Gasteiger partial charge on any atom is 0.216 e. The topological polar surface area (TPSA) is 83.8 Å². The van der Waals surface area contributed by atoms with E-state index >= 15 is 0 Å². The lowest BCUT2D eigenvalue weighted by molar-refractivity contribution is 0.103. The van der Waals surface area contributed by atoms with Gasteiger partial charge in [0.05, 0.1) is 0 Å². The van der Waals surface area contributed by atoms with Crippen molar-refractivity contribution in [1.29, 1.82) is 0 Å². The van der Waals surface area contributed by atoms with Crippen LogP contribution in [0.5, 0.6) is 0 Å². The van der Waals surface area contributed by atoms with Crippen LogP contribution in [0, 0.1) is 0 Å². The molecule has 0 radical (unpaired) electrons. The molecule has 0 unspecified atom stereocenters. The van der Waals surface area contributed by atoms with Crippen LogP contribution in [0.4, 0.5) is 0 Å². The van der Waals surface area contributed by atoms with E-state index in [0.717, 1.165) is 0 Å². The highest BCUT2D eigenvalue weighted by Crippen LogP contribution is 2.30. The fourth-order valence-electron chi connectivity index (χ4n) is 2.80. The van der Waals surface area contributed by atoms with E-state index in [9.17, 15) is 19.5 Å². The molecule has 0 heterocycles. The van der Waals surface area contributed by atoms with Crippen LogP contribution in [-0.4, -0.2) is 10.9 Å². The number of allylic oxidation sites excluding steroid dienone is 1. The second kappa shape index (κ2) is 4.58. The lowest BCUT2D eigenvalue weighted by atomic mass is 10.1. The number of hydrogen-bond acceptors (Lipinski definition) is 5. The first-order chi connectivity index (χ1) is 11.1. The molecular weight excluding hydrogens is 294 g/mol. The molecular formula is C18H9NO4. The van der Waals surface area contributed by atoms with Gasteiger partial charge in [0, 0.05) is 21.9 Å². The Labute approximate surface area is 129 Å². The van der Waals surface area contributed by atoms with Gasteiger partial charge in [-0.1, -0.05) is 48.5 Å². The molecule has 1 N–H and O–H groups in total. The largest absolute Gasteiger partial charge is 0.505 e. The van der Waals surface area contributed by atoms with E-state index in [4.69, 9.17) is 0 Å². The summed E-state index contributed by atoms with van der Waals surface area (Å²) in [6.45, 7) is 0. The highest BCUT2D eigenvalue weighted by Gasteiger charge is 2.29. The minimum atomic E-state index is -0.533. The predicted octanol–water partition coefficient (Wildman–Crippen LogP) is 1.46. The molecule has 1 aliphatic carbocycles. The molecule has 0 aliphatic heterocycles. The maximum absolute atomic E-state index is 12.3. The predicted molar refractivity (Wildman–Crippen MR) is 84.7 cm³/mol. The smallest absolute Gasteiger partial charge is 0.216 e. The van der Waals surface area contributed by atoms with Gasteiger partial charge in [-0.3, -0.25) is 14.4 Å². The molecule has 3 aromatic rings. The summed E-state index contributed by atoms with van der Waals surface area (Å²) in [6.07, 6.45) is 0. The zero-order valence-electron chi connectivity index (χ0n) is 11.7. The minimum absolute atomic E-state index is 0.263. The van der Waals surface area contributed by atoms with Crippen molar-refractivity contribution >= 4 is 22.3 Å². The van der Waals surface area contributed by atoms with Crippen LogP contribution >= 0.6 is 0 Å². The lowest BCUT2D eigenvalue weighted by Crippen LogP contribution is -2.32. The molecule has 0 spiro atoms. The van der Waals surface area contributed by atoms with Gasteiger partial charge in [0.2, 0.25) is 16.6 Å². The van der Waals surface area contributed by atoms with Gasteiger partial charge in [0.25, 0.3) is 0 Å². The van der Waals surface area contributed by atoms with E-state index in [1.165, 1.54) is 12.1 Å². The third kappa shape index (κ3) is 1.73. The highest BCUT2D eigenvalue weighted by atomic mass is 16.3. The number of aliphatic hydroxyl groups is 1. The number of rotatable bonds is 1. The molecule has 110 valence electrons. The van der Waals surface area contributed by atoms with Crippen molar-refractivity contribution in [2.75, 3.05) is 0 Å². The molecule has 23 heavy (non-hydrogen) atoms. The number of nitrogens with zero attached hydrogens (tertiary/aromatic N) is 1. The number of carbonyl (C=O) groups is 1. The number of benzene rings is 2. The van der Waals surface area contributed by atoms with Crippen molar-refractivity contribution in [2.45, 2.75) is 0 Å². The van der Waals surface area contributed by atoms with Gasteiger partial charge in [-0.05, 0) is 0 Å². The van der Waals surface area contributed by atoms with E-state index in [2.05, 4.69) is 4.99 Å². The molecule has 4 rings (SSSR count). The number of ketones is 1. The van der Waals surface area contributed by atoms with Gasteiger partial charge in [0.15, 0.2) is 16.8 Å². The van der Waals surface area contributed by atoms with E-state index < -0.39 is 16.6 Å². The summed E-state index contributed by atoms with van der Waals surface area (Å²) >= 11 is 0. The quantitative estimate of drug-likeness (QED) is 0.737. The fourth-order valence-corrected chi connectivity index (χ4v) is 2.80. The van der Waals surface area contributed by atoms with Gasteiger partial charge in [-0.25, -0.2) is 4.99 Å². The van der Waals surface area contributed by atoms with E-state index in [-0.39, 0.29) is 27.6 Å². The summed E-state index contributed by atoms with van der Waals surface area (Å²) in [5.41, 5.74) is -0.674. The summed E-state index contributed by atoms with van der Waals surface area (Å²) in [4.78, 5) is 40.9. The number of aliphatic hydroxyl groups excluding tert-OH is 1.